The van der Waals surface area contributed by atoms with E-state index < -0.39 is 0 Å². The number of fused-ring (bicyclic) bond motifs is 4. The average molecular weight is 342 g/mol. The van der Waals surface area contributed by atoms with Crippen LogP contribution < -0.4 is 4.74 Å². The molecule has 0 unspecified atom stereocenters. The molecule has 0 saturated heterocycles. The minimum atomic E-state index is 0.426. The number of pyridine rings is 1. The van der Waals surface area contributed by atoms with Crippen molar-refractivity contribution < 1.29 is 4.74 Å². The van der Waals surface area contributed by atoms with Gasteiger partial charge in [-0.1, -0.05) is 0 Å². The molecule has 0 spiro atoms. The first-order chi connectivity index (χ1) is 12.7. The summed E-state index contributed by atoms with van der Waals surface area (Å²) in [6, 6.07) is 10.6. The monoisotopic (exact) mass is 342 g/mol. The Morgan fingerprint density at radius 2 is 2.00 bits per heavy atom. The Kier molecular flexibility index (Phi) is 3.22. The minimum absolute atomic E-state index is 0.426. The van der Waals surface area contributed by atoms with Gasteiger partial charge in [0.1, 0.15) is 18.2 Å². The van der Waals surface area contributed by atoms with Crippen LogP contribution in [0.5, 0.6) is 5.75 Å². The summed E-state index contributed by atoms with van der Waals surface area (Å²) < 4.78 is 8.18. The molecule has 5 aromatic rings. The van der Waals surface area contributed by atoms with E-state index in [2.05, 4.69) is 57.8 Å². The van der Waals surface area contributed by atoms with Crippen molar-refractivity contribution in [2.45, 2.75) is 13.5 Å². The molecular formula is C21H18N4O. The number of aryl methyl sites for hydroxylation is 2. The molecule has 0 aliphatic carbocycles. The highest BCUT2D eigenvalue weighted by Gasteiger charge is 2.14. The number of aromatic nitrogens is 4. The van der Waals surface area contributed by atoms with E-state index in [1.54, 1.807) is 12.4 Å². The molecule has 128 valence electrons. The zero-order chi connectivity index (χ0) is 17.7. The number of aromatic amines is 1. The third-order valence-electron chi connectivity index (χ3n) is 5.05. The molecule has 5 heteroatoms. The Bertz CT molecular complexity index is 1250. The number of ether oxygens (including phenoxy) is 1. The maximum atomic E-state index is 5.92. The fourth-order valence-corrected chi connectivity index (χ4v) is 3.82. The highest BCUT2D eigenvalue weighted by Crippen LogP contribution is 2.36. The van der Waals surface area contributed by atoms with Gasteiger partial charge in [0.2, 0.25) is 0 Å². The van der Waals surface area contributed by atoms with Gasteiger partial charge in [-0.05, 0) is 48.2 Å². The summed E-state index contributed by atoms with van der Waals surface area (Å²) in [4.78, 5) is 11.5. The van der Waals surface area contributed by atoms with E-state index in [0.717, 1.165) is 17.0 Å². The van der Waals surface area contributed by atoms with E-state index in [9.17, 15) is 0 Å². The lowest BCUT2D eigenvalue weighted by atomic mass is 10.0. The van der Waals surface area contributed by atoms with Crippen molar-refractivity contribution in [1.29, 1.82) is 0 Å². The molecule has 0 fully saturated rings. The fourth-order valence-electron chi connectivity index (χ4n) is 3.82. The number of H-pyrrole nitrogens is 1. The quantitative estimate of drug-likeness (QED) is 0.525. The van der Waals surface area contributed by atoms with E-state index in [-0.39, 0.29) is 0 Å². The van der Waals surface area contributed by atoms with Crippen LogP contribution in [0.4, 0.5) is 0 Å². The van der Waals surface area contributed by atoms with Crippen molar-refractivity contribution in [3.05, 3.63) is 66.5 Å². The first-order valence-electron chi connectivity index (χ1n) is 8.59. The van der Waals surface area contributed by atoms with Crippen molar-refractivity contribution in [2.75, 3.05) is 0 Å². The van der Waals surface area contributed by atoms with Crippen LogP contribution in [0, 0.1) is 6.92 Å². The molecule has 0 saturated carbocycles. The van der Waals surface area contributed by atoms with Gasteiger partial charge in [0.15, 0.2) is 0 Å². The van der Waals surface area contributed by atoms with E-state index in [1.165, 1.54) is 32.8 Å². The number of benzene rings is 2. The molecule has 0 atom stereocenters. The Hall–Kier alpha value is -3.34. The lowest BCUT2D eigenvalue weighted by Crippen LogP contribution is -1.97. The van der Waals surface area contributed by atoms with Crippen LogP contribution in [0.1, 0.15) is 11.4 Å². The predicted octanol–water partition coefficient (Wildman–Crippen LogP) is 4.49. The lowest BCUT2D eigenvalue weighted by molar-refractivity contribution is 0.297. The Labute approximate surface area is 150 Å². The van der Waals surface area contributed by atoms with Gasteiger partial charge >= 0.3 is 0 Å². The average Bonchev–Trinajstić information content (AvgIpc) is 3.28. The van der Waals surface area contributed by atoms with E-state index >= 15 is 0 Å². The Balaban J connectivity index is 1.70. The fraction of sp³-hybridized carbons (Fsp3) is 0.143. The molecule has 5 rings (SSSR count). The van der Waals surface area contributed by atoms with Gasteiger partial charge in [-0.3, -0.25) is 4.98 Å². The number of nitrogens with zero attached hydrogens (tertiary/aromatic N) is 3. The van der Waals surface area contributed by atoms with E-state index in [1.807, 2.05) is 18.5 Å². The SMILES string of the molecule is Cc1c2ccncc2cc2c3cc(OCc4ncc[nH]4)ccc3n(C)c12. The molecule has 1 N–H and O–H groups in total. The maximum absolute atomic E-state index is 5.92. The predicted molar refractivity (Wildman–Crippen MR) is 103 cm³/mol. The highest BCUT2D eigenvalue weighted by atomic mass is 16.5. The van der Waals surface area contributed by atoms with Crippen LogP contribution in [0.2, 0.25) is 0 Å². The van der Waals surface area contributed by atoms with Gasteiger partial charge in [-0.2, -0.15) is 0 Å². The van der Waals surface area contributed by atoms with Crippen molar-refractivity contribution >= 4 is 32.6 Å². The minimum Gasteiger partial charge on any atom is -0.486 e. The Morgan fingerprint density at radius 1 is 1.08 bits per heavy atom. The van der Waals surface area contributed by atoms with Gasteiger partial charge in [-0.25, -0.2) is 4.98 Å². The molecule has 0 aliphatic rings. The molecule has 0 amide bonds. The second kappa shape index (κ2) is 5.59. The van der Waals surface area contributed by atoms with Crippen molar-refractivity contribution in [2.24, 2.45) is 7.05 Å². The molecule has 0 aliphatic heterocycles. The van der Waals surface area contributed by atoms with Crippen LogP contribution in [-0.4, -0.2) is 19.5 Å². The normalized spacial score (nSPS) is 11.6. The van der Waals surface area contributed by atoms with Crippen molar-refractivity contribution in [3.8, 4) is 5.75 Å². The van der Waals surface area contributed by atoms with Gasteiger partial charge in [0.05, 0.1) is 5.52 Å². The molecular weight excluding hydrogens is 324 g/mol. The van der Waals surface area contributed by atoms with Gasteiger partial charge in [0.25, 0.3) is 0 Å². The van der Waals surface area contributed by atoms with Crippen LogP contribution >= 0.6 is 0 Å². The van der Waals surface area contributed by atoms with Crippen LogP contribution in [0.25, 0.3) is 32.6 Å². The smallest absolute Gasteiger partial charge is 0.146 e. The second-order valence-electron chi connectivity index (χ2n) is 6.56. The molecule has 3 aromatic heterocycles. The second-order valence-corrected chi connectivity index (χ2v) is 6.56. The number of nitrogens with one attached hydrogen (secondary N) is 1. The van der Waals surface area contributed by atoms with E-state index in [0.29, 0.717) is 6.61 Å². The molecule has 26 heavy (non-hydrogen) atoms. The topological polar surface area (TPSA) is 55.7 Å². The molecule has 2 aromatic carbocycles. The van der Waals surface area contributed by atoms with Crippen molar-refractivity contribution in [1.82, 2.24) is 19.5 Å². The van der Waals surface area contributed by atoms with Gasteiger partial charge in [0, 0.05) is 53.5 Å². The third-order valence-corrected chi connectivity index (χ3v) is 5.05. The van der Waals surface area contributed by atoms with E-state index in [4.69, 9.17) is 4.74 Å². The van der Waals surface area contributed by atoms with Crippen molar-refractivity contribution in [3.63, 3.8) is 0 Å². The molecule has 3 heterocycles. The van der Waals surface area contributed by atoms with Gasteiger partial charge in [-0.15, -0.1) is 0 Å². The lowest BCUT2D eigenvalue weighted by Gasteiger charge is -2.06. The molecule has 0 bridgehead atoms. The van der Waals surface area contributed by atoms with Crippen LogP contribution in [0.15, 0.2) is 55.1 Å². The molecule has 0 radical (unpaired) electrons. The maximum Gasteiger partial charge on any atom is 0.146 e. The standard InChI is InChI=1S/C21H18N4O/c1-13-16-5-6-22-11-14(16)9-18-17-10-15(26-12-20-23-7-8-24-20)3-4-19(17)25(2)21(13)18/h3-11H,12H2,1-2H3,(H,23,24). The number of hydrogen-bond donors (Lipinski definition) is 1. The number of rotatable bonds is 3. The zero-order valence-corrected chi connectivity index (χ0v) is 14.7. The summed E-state index contributed by atoms with van der Waals surface area (Å²) in [7, 11) is 2.12. The Morgan fingerprint density at radius 3 is 2.85 bits per heavy atom. The molecule has 5 nitrogen and oxygen atoms in total. The number of hydrogen-bond acceptors (Lipinski definition) is 3. The van der Waals surface area contributed by atoms with Gasteiger partial charge < -0.3 is 14.3 Å². The number of imidazole rings is 1. The largest absolute Gasteiger partial charge is 0.486 e. The summed E-state index contributed by atoms with van der Waals surface area (Å²) >= 11 is 0. The van der Waals surface area contributed by atoms with Crippen LogP contribution in [0.3, 0.4) is 0 Å². The third kappa shape index (κ3) is 2.17. The summed E-state index contributed by atoms with van der Waals surface area (Å²) in [5, 5.41) is 4.82. The summed E-state index contributed by atoms with van der Waals surface area (Å²) in [6.45, 7) is 2.60. The zero-order valence-electron chi connectivity index (χ0n) is 14.7. The summed E-state index contributed by atoms with van der Waals surface area (Å²) in [5.74, 6) is 1.65. The summed E-state index contributed by atoms with van der Waals surface area (Å²) in [5.41, 5.74) is 3.72. The first-order valence-corrected chi connectivity index (χ1v) is 8.59. The summed E-state index contributed by atoms with van der Waals surface area (Å²) in [6.07, 6.45) is 7.31. The van der Waals surface area contributed by atoms with Crippen LogP contribution in [-0.2, 0) is 13.7 Å². The first kappa shape index (κ1) is 15.0. The highest BCUT2D eigenvalue weighted by molar-refractivity contribution is 6.14.